The van der Waals surface area contributed by atoms with Crippen LogP contribution in [-0.2, 0) is 19.1 Å². The van der Waals surface area contributed by atoms with Crippen LogP contribution in [0.2, 0.25) is 0 Å². The van der Waals surface area contributed by atoms with Crippen molar-refractivity contribution < 1.29 is 33.7 Å². The summed E-state index contributed by atoms with van der Waals surface area (Å²) in [7, 11) is 3.31. The number of anilines is 3. The molecule has 1 fully saturated rings. The topological polar surface area (TPSA) is 106 Å². The first-order valence-electron chi connectivity index (χ1n) is 18.2. The zero-order chi connectivity index (χ0) is 38.3. The maximum absolute atomic E-state index is 13.2. The number of thiophene rings is 1. The molecule has 2 heterocycles. The summed E-state index contributed by atoms with van der Waals surface area (Å²) in [6.07, 6.45) is 11.0. The second-order valence-electron chi connectivity index (χ2n) is 12.8. The van der Waals surface area contributed by atoms with Gasteiger partial charge in [0.2, 0.25) is 0 Å². The largest absolute Gasteiger partial charge is 0.497 e. The summed E-state index contributed by atoms with van der Waals surface area (Å²) >= 11 is 8.23. The average Bonchev–Trinajstić information content (AvgIpc) is 3.76. The Morgan fingerprint density at radius 3 is 1.80 bits per heavy atom. The van der Waals surface area contributed by atoms with Crippen LogP contribution < -0.4 is 14.4 Å². The molecule has 5 rings (SSSR count). The molecule has 54 heavy (non-hydrogen) atoms. The molecule has 0 radical (unpaired) electrons. The van der Waals surface area contributed by atoms with E-state index in [4.69, 9.17) is 31.5 Å². The van der Waals surface area contributed by atoms with Gasteiger partial charge in [0, 0.05) is 33.2 Å². The predicted octanol–water partition coefficient (Wildman–Crippen LogP) is 10.6. The molecule has 12 heteroatoms. The fraction of sp³-hybridized carbons (Fsp3) is 0.333. The van der Waals surface area contributed by atoms with Crippen molar-refractivity contribution in [3.63, 3.8) is 0 Å². The fourth-order valence-electron chi connectivity index (χ4n) is 6.01. The summed E-state index contributed by atoms with van der Waals surface area (Å²) in [5, 5.41) is 8.69. The van der Waals surface area contributed by atoms with Gasteiger partial charge in [0.05, 0.1) is 25.7 Å². The molecule has 1 aliphatic rings. The van der Waals surface area contributed by atoms with Gasteiger partial charge in [-0.05, 0) is 97.3 Å². The molecule has 3 aromatic carbocycles. The van der Waals surface area contributed by atoms with Crippen LogP contribution in [0.15, 0.2) is 89.8 Å². The first-order valence-corrected chi connectivity index (χ1v) is 20.2. The zero-order valence-electron chi connectivity index (χ0n) is 30.7. The number of amides is 1. The number of carbonyl (C=O) groups is 3. The van der Waals surface area contributed by atoms with Crippen molar-refractivity contribution in [3.05, 3.63) is 94.7 Å². The van der Waals surface area contributed by atoms with Gasteiger partial charge in [-0.1, -0.05) is 81.1 Å². The summed E-state index contributed by atoms with van der Waals surface area (Å²) in [4.78, 5) is 42.3. The molecule has 0 unspecified atom stereocenters. The van der Waals surface area contributed by atoms with E-state index in [-0.39, 0.29) is 18.9 Å². The Morgan fingerprint density at radius 1 is 0.741 bits per heavy atom. The highest BCUT2D eigenvalue weighted by Gasteiger charge is 2.34. The standard InChI is InChI=1S/C42H46N2O7S3/c1-49-34-21-17-32(18-22-34)44(33-19-23-35(50-2)24-20-33)31-15-13-30(14-16-31)37-26-25-36(53-37)28-38-41(48)43(42(52)54-38)29-40(47)51-27-11-9-7-5-3-4-6-8-10-12-39(45)46/h13-26,28H,3-12,27,29H2,1-2H3,(H,45,46)/b38-28+. The van der Waals surface area contributed by atoms with E-state index in [1.165, 1.54) is 16.7 Å². The smallest absolute Gasteiger partial charge is 0.326 e. The maximum atomic E-state index is 13.2. The van der Waals surface area contributed by atoms with E-state index in [9.17, 15) is 14.4 Å². The lowest BCUT2D eigenvalue weighted by Crippen LogP contribution is -2.34. The number of hydrogen-bond donors (Lipinski definition) is 1. The predicted molar refractivity (Wildman–Crippen MR) is 222 cm³/mol. The minimum absolute atomic E-state index is 0.198. The van der Waals surface area contributed by atoms with Crippen LogP contribution >= 0.6 is 35.3 Å². The fourth-order valence-corrected chi connectivity index (χ4v) is 8.29. The van der Waals surface area contributed by atoms with Crippen LogP contribution in [-0.4, -0.2) is 59.5 Å². The Kier molecular flexibility index (Phi) is 15.5. The number of unbranched alkanes of at least 4 members (excludes halogenated alkanes) is 8. The molecule has 1 aromatic heterocycles. The van der Waals surface area contributed by atoms with E-state index < -0.39 is 11.9 Å². The van der Waals surface area contributed by atoms with Crippen LogP contribution in [0.3, 0.4) is 0 Å². The molecule has 9 nitrogen and oxygen atoms in total. The summed E-state index contributed by atoms with van der Waals surface area (Å²) < 4.78 is 16.5. The number of carbonyl (C=O) groups excluding carboxylic acids is 2. The molecule has 0 bridgehead atoms. The molecule has 1 saturated heterocycles. The first kappa shape index (κ1) is 40.5. The van der Waals surface area contributed by atoms with E-state index >= 15 is 0 Å². The maximum Gasteiger partial charge on any atom is 0.326 e. The number of rotatable bonds is 21. The molecule has 1 aliphatic heterocycles. The molecule has 0 saturated carbocycles. The zero-order valence-corrected chi connectivity index (χ0v) is 33.1. The number of carboxylic acids is 1. The van der Waals surface area contributed by atoms with Crippen molar-refractivity contribution in [2.24, 2.45) is 0 Å². The molecule has 0 spiro atoms. The lowest BCUT2D eigenvalue weighted by atomic mass is 10.1. The molecule has 0 atom stereocenters. The lowest BCUT2D eigenvalue weighted by Gasteiger charge is -2.26. The van der Waals surface area contributed by atoms with Gasteiger partial charge >= 0.3 is 11.9 Å². The Hall–Kier alpha value is -4.65. The highest BCUT2D eigenvalue weighted by Crippen LogP contribution is 2.39. The van der Waals surface area contributed by atoms with Crippen molar-refractivity contribution in [1.82, 2.24) is 4.90 Å². The van der Waals surface area contributed by atoms with Gasteiger partial charge in [0.25, 0.3) is 5.91 Å². The van der Waals surface area contributed by atoms with Crippen molar-refractivity contribution in [2.45, 2.75) is 64.2 Å². The Morgan fingerprint density at radius 2 is 1.26 bits per heavy atom. The van der Waals surface area contributed by atoms with Crippen molar-refractivity contribution in [1.29, 1.82) is 0 Å². The Bertz CT molecular complexity index is 1840. The van der Waals surface area contributed by atoms with Gasteiger partial charge in [-0.2, -0.15) is 0 Å². The van der Waals surface area contributed by atoms with E-state index in [0.717, 1.165) is 102 Å². The second-order valence-corrected chi connectivity index (χ2v) is 15.6. The Balaban J connectivity index is 1.11. The van der Waals surface area contributed by atoms with E-state index in [0.29, 0.717) is 15.8 Å². The molecule has 1 N–H and O–H groups in total. The number of aliphatic carboxylic acids is 1. The monoisotopic (exact) mass is 786 g/mol. The molecular formula is C42H46N2O7S3. The number of carboxylic acid groups (broad SMARTS) is 1. The van der Waals surface area contributed by atoms with Gasteiger partial charge in [-0.25, -0.2) is 0 Å². The minimum atomic E-state index is -0.727. The number of nitrogens with zero attached hydrogens (tertiary/aromatic N) is 2. The highest BCUT2D eigenvalue weighted by atomic mass is 32.2. The lowest BCUT2D eigenvalue weighted by molar-refractivity contribution is -0.146. The number of ether oxygens (including phenoxy) is 3. The number of thiocarbonyl (C=S) groups is 1. The van der Waals surface area contributed by atoms with Crippen LogP contribution in [0.1, 0.15) is 69.1 Å². The Labute approximate surface area is 330 Å². The van der Waals surface area contributed by atoms with E-state index in [1.807, 2.05) is 66.7 Å². The van der Waals surface area contributed by atoms with Gasteiger partial charge in [-0.15, -0.1) is 11.3 Å². The summed E-state index contributed by atoms with van der Waals surface area (Å²) in [6.45, 7) is 0.120. The van der Waals surface area contributed by atoms with Crippen LogP contribution in [0.5, 0.6) is 11.5 Å². The minimum Gasteiger partial charge on any atom is -0.497 e. The first-order chi connectivity index (χ1) is 26.2. The average molecular weight is 787 g/mol. The number of benzene rings is 3. The second kappa shape index (κ2) is 20.7. The number of thioether (sulfide) groups is 1. The summed E-state index contributed by atoms with van der Waals surface area (Å²) in [6, 6.07) is 28.3. The van der Waals surface area contributed by atoms with Crippen LogP contribution in [0, 0.1) is 0 Å². The molecule has 4 aromatic rings. The van der Waals surface area contributed by atoms with E-state index in [2.05, 4.69) is 29.2 Å². The highest BCUT2D eigenvalue weighted by molar-refractivity contribution is 8.26. The number of esters is 1. The number of hydrogen-bond acceptors (Lipinski definition) is 10. The SMILES string of the molecule is COc1ccc(N(c2ccc(OC)cc2)c2ccc(-c3ccc(/C=C4/SC(=S)N(CC(=O)OCCCCCCCCCCCC(=O)O)C4=O)s3)cc2)cc1. The van der Waals surface area contributed by atoms with E-state index in [1.54, 1.807) is 25.6 Å². The van der Waals surface area contributed by atoms with Gasteiger partial charge < -0.3 is 24.2 Å². The van der Waals surface area contributed by atoms with Gasteiger partial charge in [0.15, 0.2) is 0 Å². The number of methoxy groups -OCH3 is 2. The molecule has 1 amide bonds. The van der Waals surface area contributed by atoms with Crippen LogP contribution in [0.4, 0.5) is 17.1 Å². The third kappa shape index (κ3) is 11.7. The molecule has 284 valence electrons. The van der Waals surface area contributed by atoms with Crippen molar-refractivity contribution in [3.8, 4) is 21.9 Å². The summed E-state index contributed by atoms with van der Waals surface area (Å²) in [5.74, 6) is 0.0868. The van der Waals surface area contributed by atoms with Crippen LogP contribution in [0.25, 0.3) is 16.5 Å². The third-order valence-electron chi connectivity index (χ3n) is 8.93. The van der Waals surface area contributed by atoms with Crippen molar-refractivity contribution >= 4 is 80.6 Å². The molecular weight excluding hydrogens is 741 g/mol. The van der Waals surface area contributed by atoms with Gasteiger partial charge in [-0.3, -0.25) is 19.3 Å². The third-order valence-corrected chi connectivity index (χ3v) is 11.4. The quantitative estimate of drug-likeness (QED) is 0.0380. The molecule has 0 aliphatic carbocycles. The summed E-state index contributed by atoms with van der Waals surface area (Å²) in [5.41, 5.74) is 4.01. The van der Waals surface area contributed by atoms with Gasteiger partial charge in [0.1, 0.15) is 22.4 Å². The van der Waals surface area contributed by atoms with Crippen molar-refractivity contribution in [2.75, 3.05) is 32.3 Å². The normalized spacial score (nSPS) is 13.4.